The summed E-state index contributed by atoms with van der Waals surface area (Å²) in [5, 5.41) is 6.74. The summed E-state index contributed by atoms with van der Waals surface area (Å²) < 4.78 is 11.1. The van der Waals surface area contributed by atoms with E-state index in [0.29, 0.717) is 12.0 Å². The molecule has 0 saturated carbocycles. The summed E-state index contributed by atoms with van der Waals surface area (Å²) in [4.78, 5) is 12.3. The van der Waals surface area contributed by atoms with Crippen LogP contribution in [0.5, 0.6) is 0 Å². The Bertz CT molecular complexity index is 638. The summed E-state index contributed by atoms with van der Waals surface area (Å²) in [6.07, 6.45) is 2.78. The van der Waals surface area contributed by atoms with Crippen LogP contribution in [0.1, 0.15) is 6.42 Å². The first-order valence-corrected chi connectivity index (χ1v) is 9.11. The Kier molecular flexibility index (Phi) is 4.70. The van der Waals surface area contributed by atoms with E-state index in [0.717, 1.165) is 68.5 Å². The van der Waals surface area contributed by atoms with Gasteiger partial charge in [-0.25, -0.2) is 9.97 Å². The molecule has 4 heterocycles. The van der Waals surface area contributed by atoms with Gasteiger partial charge in [0.05, 0.1) is 25.2 Å². The predicted octanol–water partition coefficient (Wildman–Crippen LogP) is 1.84. The third kappa shape index (κ3) is 3.33. The van der Waals surface area contributed by atoms with Crippen LogP contribution in [-0.4, -0.2) is 67.0 Å². The molecular formula is C16H22N4O2S. The molecule has 6 nitrogen and oxygen atoms in total. The summed E-state index contributed by atoms with van der Waals surface area (Å²) in [6.45, 7) is 6.28. The molecule has 4 rings (SSSR count). The van der Waals surface area contributed by atoms with E-state index in [9.17, 15) is 0 Å². The van der Waals surface area contributed by atoms with Gasteiger partial charge in [-0.3, -0.25) is 4.90 Å². The zero-order chi connectivity index (χ0) is 15.5. The SMILES string of the molecule is c1nc(NC[C@@H]([C@H]2CCOC2)N2CCOCC2)c2ccsc2n1. The van der Waals surface area contributed by atoms with Crippen LogP contribution in [0.2, 0.25) is 0 Å². The molecule has 7 heteroatoms. The molecule has 2 aliphatic heterocycles. The lowest BCUT2D eigenvalue weighted by molar-refractivity contribution is 0.00460. The molecule has 1 N–H and O–H groups in total. The summed E-state index contributed by atoms with van der Waals surface area (Å²) in [5.74, 6) is 1.52. The highest BCUT2D eigenvalue weighted by Crippen LogP contribution is 2.26. The van der Waals surface area contributed by atoms with Crippen LogP contribution in [0.25, 0.3) is 10.2 Å². The van der Waals surface area contributed by atoms with Gasteiger partial charge < -0.3 is 14.8 Å². The van der Waals surface area contributed by atoms with E-state index in [2.05, 4.69) is 31.6 Å². The van der Waals surface area contributed by atoms with Crippen molar-refractivity contribution < 1.29 is 9.47 Å². The van der Waals surface area contributed by atoms with Gasteiger partial charge in [-0.1, -0.05) is 0 Å². The zero-order valence-corrected chi connectivity index (χ0v) is 13.9. The van der Waals surface area contributed by atoms with Crippen molar-refractivity contribution in [3.05, 3.63) is 17.8 Å². The lowest BCUT2D eigenvalue weighted by Gasteiger charge is -2.37. The van der Waals surface area contributed by atoms with Gasteiger partial charge in [0.2, 0.25) is 0 Å². The number of anilines is 1. The van der Waals surface area contributed by atoms with E-state index in [4.69, 9.17) is 9.47 Å². The molecule has 0 spiro atoms. The highest BCUT2D eigenvalue weighted by atomic mass is 32.1. The van der Waals surface area contributed by atoms with E-state index in [1.807, 2.05) is 0 Å². The van der Waals surface area contributed by atoms with E-state index in [1.54, 1.807) is 17.7 Å². The molecule has 0 bridgehead atoms. The summed E-state index contributed by atoms with van der Waals surface area (Å²) >= 11 is 1.65. The van der Waals surface area contributed by atoms with Crippen molar-refractivity contribution >= 4 is 27.4 Å². The smallest absolute Gasteiger partial charge is 0.138 e. The largest absolute Gasteiger partial charge is 0.381 e. The molecule has 0 aliphatic carbocycles. The zero-order valence-electron chi connectivity index (χ0n) is 13.1. The van der Waals surface area contributed by atoms with Crippen LogP contribution in [0, 0.1) is 5.92 Å². The first-order chi connectivity index (χ1) is 11.4. The Balaban J connectivity index is 1.49. The van der Waals surface area contributed by atoms with E-state index in [1.165, 1.54) is 0 Å². The quantitative estimate of drug-likeness (QED) is 0.900. The molecule has 0 radical (unpaired) electrons. The molecule has 2 saturated heterocycles. The Hall–Kier alpha value is -1.28. The molecule has 23 heavy (non-hydrogen) atoms. The molecule has 124 valence electrons. The number of nitrogens with zero attached hydrogens (tertiary/aromatic N) is 3. The van der Waals surface area contributed by atoms with E-state index >= 15 is 0 Å². The molecule has 2 atom stereocenters. The van der Waals surface area contributed by atoms with E-state index < -0.39 is 0 Å². The number of hydrogen-bond acceptors (Lipinski definition) is 7. The third-order valence-corrected chi connectivity index (χ3v) is 5.58. The van der Waals surface area contributed by atoms with Gasteiger partial charge in [0.25, 0.3) is 0 Å². The van der Waals surface area contributed by atoms with Crippen molar-refractivity contribution in [3.8, 4) is 0 Å². The highest BCUT2D eigenvalue weighted by Gasteiger charge is 2.31. The Morgan fingerprint density at radius 2 is 2.17 bits per heavy atom. The second-order valence-electron chi connectivity index (χ2n) is 6.08. The first kappa shape index (κ1) is 15.3. The predicted molar refractivity (Wildman–Crippen MR) is 91.0 cm³/mol. The summed E-state index contributed by atoms with van der Waals surface area (Å²) in [5.41, 5.74) is 0. The normalized spacial score (nSPS) is 24.1. The van der Waals surface area contributed by atoms with Crippen molar-refractivity contribution in [2.45, 2.75) is 12.5 Å². The van der Waals surface area contributed by atoms with Crippen LogP contribution in [-0.2, 0) is 9.47 Å². The van der Waals surface area contributed by atoms with Crippen molar-refractivity contribution in [1.82, 2.24) is 14.9 Å². The van der Waals surface area contributed by atoms with Gasteiger partial charge >= 0.3 is 0 Å². The molecular weight excluding hydrogens is 312 g/mol. The minimum atomic E-state index is 0.463. The molecule has 0 unspecified atom stereocenters. The Morgan fingerprint density at radius 1 is 1.26 bits per heavy atom. The second kappa shape index (κ2) is 7.09. The van der Waals surface area contributed by atoms with Crippen LogP contribution >= 0.6 is 11.3 Å². The molecule has 0 amide bonds. The van der Waals surface area contributed by atoms with E-state index in [-0.39, 0.29) is 0 Å². The Morgan fingerprint density at radius 3 is 3.00 bits per heavy atom. The van der Waals surface area contributed by atoms with Gasteiger partial charge in [-0.2, -0.15) is 0 Å². The molecule has 2 fully saturated rings. The maximum atomic E-state index is 5.63. The first-order valence-electron chi connectivity index (χ1n) is 8.23. The third-order valence-electron chi connectivity index (χ3n) is 4.76. The fraction of sp³-hybridized carbons (Fsp3) is 0.625. The van der Waals surface area contributed by atoms with Gasteiger partial charge in [0.15, 0.2) is 0 Å². The Labute approximate surface area is 139 Å². The standard InChI is InChI=1S/C16H22N4O2S/c1-5-22-10-12(1)14(20-3-6-21-7-4-20)9-17-15-13-2-8-23-16(13)19-11-18-15/h2,8,11-12,14H,1,3-7,9-10H2,(H,17,18,19)/t12-,14-/m0/s1. The van der Waals surface area contributed by atoms with Gasteiger partial charge in [-0.15, -0.1) is 11.3 Å². The van der Waals surface area contributed by atoms with Crippen LogP contribution in [0.4, 0.5) is 5.82 Å². The van der Waals surface area contributed by atoms with Gasteiger partial charge in [0, 0.05) is 38.2 Å². The fourth-order valence-corrected chi connectivity index (χ4v) is 4.22. The fourth-order valence-electron chi connectivity index (χ4n) is 3.49. The molecule has 2 aliphatic rings. The minimum absolute atomic E-state index is 0.463. The second-order valence-corrected chi connectivity index (χ2v) is 6.98. The summed E-state index contributed by atoms with van der Waals surface area (Å²) in [6, 6.07) is 2.55. The maximum absolute atomic E-state index is 5.63. The van der Waals surface area contributed by atoms with Crippen molar-refractivity contribution in [1.29, 1.82) is 0 Å². The highest BCUT2D eigenvalue weighted by molar-refractivity contribution is 7.16. The minimum Gasteiger partial charge on any atom is -0.381 e. The topological polar surface area (TPSA) is 59.5 Å². The molecule has 2 aromatic rings. The average molecular weight is 334 g/mol. The van der Waals surface area contributed by atoms with Gasteiger partial charge in [0.1, 0.15) is 17.0 Å². The van der Waals surface area contributed by atoms with Crippen molar-refractivity contribution in [2.24, 2.45) is 5.92 Å². The van der Waals surface area contributed by atoms with Crippen LogP contribution in [0.15, 0.2) is 17.8 Å². The van der Waals surface area contributed by atoms with Crippen molar-refractivity contribution in [2.75, 3.05) is 51.4 Å². The lowest BCUT2D eigenvalue weighted by atomic mass is 9.97. The average Bonchev–Trinajstić information content (AvgIpc) is 3.28. The number of nitrogens with one attached hydrogen (secondary N) is 1. The number of aromatic nitrogens is 2. The lowest BCUT2D eigenvalue weighted by Crippen LogP contribution is -2.50. The summed E-state index contributed by atoms with van der Waals surface area (Å²) in [7, 11) is 0. The number of morpholine rings is 1. The number of hydrogen-bond donors (Lipinski definition) is 1. The van der Waals surface area contributed by atoms with Crippen LogP contribution in [0.3, 0.4) is 0 Å². The molecule has 2 aromatic heterocycles. The number of rotatable bonds is 5. The maximum Gasteiger partial charge on any atom is 0.138 e. The number of thiophene rings is 1. The van der Waals surface area contributed by atoms with Crippen LogP contribution < -0.4 is 5.32 Å². The molecule has 0 aromatic carbocycles. The monoisotopic (exact) mass is 334 g/mol. The van der Waals surface area contributed by atoms with Crippen molar-refractivity contribution in [3.63, 3.8) is 0 Å². The van der Waals surface area contributed by atoms with Gasteiger partial charge in [-0.05, 0) is 17.9 Å². The number of ether oxygens (including phenoxy) is 2. The number of fused-ring (bicyclic) bond motifs is 1.